The third-order valence-corrected chi connectivity index (χ3v) is 5.34. The Bertz CT molecular complexity index is 596. The fraction of sp³-hybridized carbons (Fsp3) is 0.400. The summed E-state index contributed by atoms with van der Waals surface area (Å²) in [6.07, 6.45) is 0.786. The van der Waals surface area contributed by atoms with Gasteiger partial charge in [-0.3, -0.25) is 4.79 Å². The van der Waals surface area contributed by atoms with Crippen molar-refractivity contribution in [3.63, 3.8) is 0 Å². The van der Waals surface area contributed by atoms with Gasteiger partial charge in [-0.25, -0.2) is 0 Å². The molecule has 1 amide bonds. The molecular weight excluding hydrogens is 302 g/mol. The van der Waals surface area contributed by atoms with Gasteiger partial charge in [-0.1, -0.05) is 50.3 Å². The van der Waals surface area contributed by atoms with Crippen LogP contribution >= 0.6 is 23.1 Å². The van der Waals surface area contributed by atoms with Crippen molar-refractivity contribution in [2.24, 2.45) is 5.41 Å². The third kappa shape index (κ3) is 4.54. The zero-order valence-corrected chi connectivity index (χ0v) is 14.1. The van der Waals surface area contributed by atoms with Gasteiger partial charge in [0.1, 0.15) is 5.01 Å². The van der Waals surface area contributed by atoms with Crippen molar-refractivity contribution in [2.45, 2.75) is 37.8 Å². The van der Waals surface area contributed by atoms with Crippen LogP contribution in [0.1, 0.15) is 32.2 Å². The van der Waals surface area contributed by atoms with Crippen LogP contribution in [0.3, 0.4) is 0 Å². The van der Waals surface area contributed by atoms with E-state index >= 15 is 0 Å². The van der Waals surface area contributed by atoms with Crippen LogP contribution in [-0.4, -0.2) is 16.1 Å². The van der Waals surface area contributed by atoms with Gasteiger partial charge >= 0.3 is 0 Å². The molecule has 0 aliphatic heterocycles. The number of carbonyl (C=O) groups excluding carboxylic acids is 1. The van der Waals surface area contributed by atoms with E-state index in [1.165, 1.54) is 16.2 Å². The maximum Gasteiger partial charge on any atom is 0.231 e. The molecule has 0 aliphatic carbocycles. The maximum atomic E-state index is 12.1. The summed E-state index contributed by atoms with van der Waals surface area (Å²) < 4.78 is 0. The minimum Gasteiger partial charge on any atom is -0.300 e. The second kappa shape index (κ2) is 7.04. The lowest BCUT2D eigenvalue weighted by Gasteiger charge is -2.20. The van der Waals surface area contributed by atoms with Crippen molar-refractivity contribution in [3.8, 4) is 0 Å². The lowest BCUT2D eigenvalue weighted by molar-refractivity contribution is -0.124. The largest absolute Gasteiger partial charge is 0.300 e. The molecule has 0 aliphatic rings. The predicted octanol–water partition coefficient (Wildman–Crippen LogP) is 4.21. The fourth-order valence-electron chi connectivity index (χ4n) is 1.45. The van der Waals surface area contributed by atoms with Gasteiger partial charge in [-0.05, 0) is 18.6 Å². The van der Waals surface area contributed by atoms with Crippen LogP contribution in [0.15, 0.2) is 35.2 Å². The van der Waals surface area contributed by atoms with Gasteiger partial charge < -0.3 is 5.32 Å². The fourth-order valence-corrected chi connectivity index (χ4v) is 3.09. The van der Waals surface area contributed by atoms with Gasteiger partial charge in [0.2, 0.25) is 11.0 Å². The number of hydrogen-bond acceptors (Lipinski definition) is 5. The standard InChI is InChI=1S/C15H19N3OS2/c1-4-15(2,3)13(19)16-14-18-17-12(21-14)10-20-11-8-6-5-7-9-11/h5-9H,4,10H2,1-3H3,(H,16,18,19). The number of benzene rings is 1. The highest BCUT2D eigenvalue weighted by Crippen LogP contribution is 2.27. The van der Waals surface area contributed by atoms with Gasteiger partial charge in [0, 0.05) is 10.3 Å². The highest BCUT2D eigenvalue weighted by atomic mass is 32.2. The van der Waals surface area contributed by atoms with Crippen molar-refractivity contribution < 1.29 is 4.79 Å². The lowest BCUT2D eigenvalue weighted by atomic mass is 9.89. The van der Waals surface area contributed by atoms with Crippen molar-refractivity contribution in [1.82, 2.24) is 10.2 Å². The maximum absolute atomic E-state index is 12.1. The van der Waals surface area contributed by atoms with Gasteiger partial charge in [-0.15, -0.1) is 22.0 Å². The summed E-state index contributed by atoms with van der Waals surface area (Å²) in [4.78, 5) is 13.3. The first-order chi connectivity index (χ1) is 10.0. The number of amides is 1. The minimum atomic E-state index is -0.384. The van der Waals surface area contributed by atoms with E-state index in [1.807, 2.05) is 39.0 Å². The predicted molar refractivity (Wildman–Crippen MR) is 88.6 cm³/mol. The Balaban J connectivity index is 1.91. The average Bonchev–Trinajstić information content (AvgIpc) is 2.93. The topological polar surface area (TPSA) is 54.9 Å². The molecule has 6 heteroatoms. The van der Waals surface area contributed by atoms with Crippen molar-refractivity contribution in [1.29, 1.82) is 0 Å². The zero-order valence-electron chi connectivity index (χ0n) is 12.4. The molecule has 2 aromatic rings. The summed E-state index contributed by atoms with van der Waals surface area (Å²) in [5.41, 5.74) is -0.384. The molecule has 2 rings (SSSR count). The second-order valence-electron chi connectivity index (χ2n) is 5.29. The van der Waals surface area contributed by atoms with Crippen LogP contribution in [0.25, 0.3) is 0 Å². The Morgan fingerprint density at radius 2 is 2.00 bits per heavy atom. The first kappa shape index (κ1) is 16.0. The molecule has 1 N–H and O–H groups in total. The summed E-state index contributed by atoms with van der Waals surface area (Å²) in [5, 5.41) is 12.5. The Hall–Kier alpha value is -1.40. The second-order valence-corrected chi connectivity index (χ2v) is 7.41. The van der Waals surface area contributed by atoms with E-state index < -0.39 is 0 Å². The number of thioether (sulfide) groups is 1. The molecule has 1 aromatic carbocycles. The summed E-state index contributed by atoms with van der Waals surface area (Å²) in [5.74, 6) is 0.748. The minimum absolute atomic E-state index is 0.0107. The number of carbonyl (C=O) groups is 1. The van der Waals surface area contributed by atoms with Gasteiger partial charge in [0.25, 0.3) is 0 Å². The molecule has 0 unspecified atom stereocenters. The average molecular weight is 321 g/mol. The zero-order chi connectivity index (χ0) is 15.3. The van der Waals surface area contributed by atoms with E-state index in [9.17, 15) is 4.79 Å². The number of nitrogens with one attached hydrogen (secondary N) is 1. The first-order valence-electron chi connectivity index (χ1n) is 6.83. The summed E-state index contributed by atoms with van der Waals surface area (Å²) >= 11 is 3.14. The van der Waals surface area contributed by atoms with Crippen molar-refractivity contribution in [2.75, 3.05) is 5.32 Å². The van der Waals surface area contributed by atoms with Crippen LogP contribution in [0.4, 0.5) is 5.13 Å². The van der Waals surface area contributed by atoms with Crippen LogP contribution in [-0.2, 0) is 10.5 Å². The number of rotatable bonds is 6. The number of hydrogen-bond donors (Lipinski definition) is 1. The summed E-state index contributed by atoms with van der Waals surface area (Å²) in [6, 6.07) is 10.2. The normalized spacial score (nSPS) is 11.4. The van der Waals surface area contributed by atoms with Gasteiger partial charge in [-0.2, -0.15) is 0 Å². The molecule has 1 aromatic heterocycles. The molecule has 0 saturated carbocycles. The van der Waals surface area contributed by atoms with E-state index in [1.54, 1.807) is 11.8 Å². The van der Waals surface area contributed by atoms with E-state index in [2.05, 4.69) is 27.6 Å². The summed E-state index contributed by atoms with van der Waals surface area (Å²) in [7, 11) is 0. The summed E-state index contributed by atoms with van der Waals surface area (Å²) in [6.45, 7) is 5.85. The molecular formula is C15H19N3OS2. The van der Waals surface area contributed by atoms with Crippen LogP contribution in [0.2, 0.25) is 0 Å². The molecule has 4 nitrogen and oxygen atoms in total. The molecule has 0 bridgehead atoms. The molecule has 0 fully saturated rings. The van der Waals surface area contributed by atoms with Crippen molar-refractivity contribution >= 4 is 34.1 Å². The van der Waals surface area contributed by atoms with Crippen LogP contribution in [0, 0.1) is 5.41 Å². The smallest absolute Gasteiger partial charge is 0.231 e. The number of anilines is 1. The number of nitrogens with zero attached hydrogens (tertiary/aromatic N) is 2. The first-order valence-corrected chi connectivity index (χ1v) is 8.63. The molecule has 0 saturated heterocycles. The Morgan fingerprint density at radius 3 is 2.67 bits per heavy atom. The Morgan fingerprint density at radius 1 is 1.29 bits per heavy atom. The van der Waals surface area contributed by atoms with E-state index in [0.717, 1.165) is 17.2 Å². The van der Waals surface area contributed by atoms with Gasteiger partial charge in [0.15, 0.2) is 0 Å². The molecule has 1 heterocycles. The monoisotopic (exact) mass is 321 g/mol. The van der Waals surface area contributed by atoms with E-state index in [-0.39, 0.29) is 11.3 Å². The molecule has 0 atom stereocenters. The molecule has 0 spiro atoms. The quantitative estimate of drug-likeness (QED) is 0.810. The van der Waals surface area contributed by atoms with Crippen molar-refractivity contribution in [3.05, 3.63) is 35.3 Å². The SMILES string of the molecule is CCC(C)(C)C(=O)Nc1nnc(CSc2ccccc2)s1. The Kier molecular flexibility index (Phi) is 5.36. The molecule has 21 heavy (non-hydrogen) atoms. The highest BCUT2D eigenvalue weighted by molar-refractivity contribution is 7.98. The Labute approximate surface area is 133 Å². The lowest BCUT2D eigenvalue weighted by Crippen LogP contribution is -2.29. The molecule has 112 valence electrons. The van der Waals surface area contributed by atoms with E-state index in [0.29, 0.717) is 5.13 Å². The third-order valence-electron chi connectivity index (χ3n) is 3.29. The van der Waals surface area contributed by atoms with Gasteiger partial charge in [0.05, 0.1) is 5.75 Å². The van der Waals surface area contributed by atoms with Crippen LogP contribution in [0.5, 0.6) is 0 Å². The highest BCUT2D eigenvalue weighted by Gasteiger charge is 2.26. The number of aromatic nitrogens is 2. The molecule has 0 radical (unpaired) electrons. The van der Waals surface area contributed by atoms with Crippen LogP contribution < -0.4 is 5.32 Å². The van der Waals surface area contributed by atoms with E-state index in [4.69, 9.17) is 0 Å².